The Morgan fingerprint density at radius 2 is 1.90 bits per heavy atom. The largest absolute Gasteiger partial charge is 0.396 e. The van der Waals surface area contributed by atoms with Gasteiger partial charge in [0.05, 0.1) is 9.82 Å². The number of nitro groups is 1. The third kappa shape index (κ3) is 4.23. The third-order valence-electron chi connectivity index (χ3n) is 3.29. The molecule has 0 aliphatic heterocycles. The van der Waals surface area contributed by atoms with Gasteiger partial charge in [0.25, 0.3) is 5.69 Å². The van der Waals surface area contributed by atoms with Crippen LogP contribution in [0.15, 0.2) is 17.0 Å². The van der Waals surface area contributed by atoms with E-state index in [-0.39, 0.29) is 23.7 Å². The van der Waals surface area contributed by atoms with Crippen LogP contribution in [0, 0.1) is 29.4 Å². The van der Waals surface area contributed by atoms with Crippen molar-refractivity contribution >= 4 is 15.7 Å². The molecule has 1 rings (SSSR count). The lowest BCUT2D eigenvalue weighted by Crippen LogP contribution is -2.36. The third-order valence-corrected chi connectivity index (χ3v) is 4.67. The van der Waals surface area contributed by atoms with Crippen LogP contribution in [0.4, 0.5) is 5.69 Å². The Bertz CT molecular complexity index is 653. The first-order chi connectivity index (χ1) is 9.50. The van der Waals surface area contributed by atoms with Crippen molar-refractivity contribution in [3.05, 3.63) is 33.4 Å². The summed E-state index contributed by atoms with van der Waals surface area (Å²) < 4.78 is 26.8. The van der Waals surface area contributed by atoms with Crippen LogP contribution in [0.5, 0.6) is 0 Å². The van der Waals surface area contributed by atoms with Crippen molar-refractivity contribution in [2.24, 2.45) is 5.41 Å². The SMILES string of the molecule is Cc1cc(S(=O)(=O)NCC(C)(C)CO)cc([N+](=O)[O-])c1C. The van der Waals surface area contributed by atoms with E-state index in [0.29, 0.717) is 11.1 Å². The van der Waals surface area contributed by atoms with E-state index in [1.54, 1.807) is 27.7 Å². The maximum absolute atomic E-state index is 12.2. The molecule has 0 unspecified atom stereocenters. The predicted molar refractivity (Wildman–Crippen MR) is 78.6 cm³/mol. The fourth-order valence-corrected chi connectivity index (χ4v) is 2.93. The highest BCUT2D eigenvalue weighted by Gasteiger charge is 2.24. The number of hydrogen-bond acceptors (Lipinski definition) is 5. The molecule has 0 bridgehead atoms. The highest BCUT2D eigenvalue weighted by Crippen LogP contribution is 2.26. The van der Waals surface area contributed by atoms with Crippen LogP contribution in [-0.2, 0) is 10.0 Å². The topological polar surface area (TPSA) is 110 Å². The maximum Gasteiger partial charge on any atom is 0.273 e. The standard InChI is InChI=1S/C13H20N2O5S/c1-9-5-11(6-12(10(9)2)15(17)18)21(19,20)14-7-13(3,4)8-16/h5-6,14,16H,7-8H2,1-4H3. The van der Waals surface area contributed by atoms with Crippen molar-refractivity contribution < 1.29 is 18.4 Å². The van der Waals surface area contributed by atoms with Crippen LogP contribution in [0.3, 0.4) is 0 Å². The van der Waals surface area contributed by atoms with Crippen LogP contribution in [0.25, 0.3) is 0 Å². The molecule has 1 aromatic carbocycles. The maximum atomic E-state index is 12.2. The summed E-state index contributed by atoms with van der Waals surface area (Å²) >= 11 is 0. The molecule has 21 heavy (non-hydrogen) atoms. The first-order valence-corrected chi connectivity index (χ1v) is 7.85. The van der Waals surface area contributed by atoms with E-state index in [4.69, 9.17) is 5.11 Å². The first-order valence-electron chi connectivity index (χ1n) is 6.36. The zero-order chi connectivity index (χ0) is 16.4. The Balaban J connectivity index is 3.18. The second-order valence-electron chi connectivity index (χ2n) is 5.79. The van der Waals surface area contributed by atoms with E-state index >= 15 is 0 Å². The van der Waals surface area contributed by atoms with Gasteiger partial charge < -0.3 is 5.11 Å². The number of aliphatic hydroxyl groups excluding tert-OH is 1. The number of nitrogens with zero attached hydrogens (tertiary/aromatic N) is 1. The molecule has 0 heterocycles. The van der Waals surface area contributed by atoms with E-state index in [1.165, 1.54) is 6.07 Å². The van der Waals surface area contributed by atoms with E-state index in [2.05, 4.69) is 4.72 Å². The summed E-state index contributed by atoms with van der Waals surface area (Å²) in [6.07, 6.45) is 0. The Morgan fingerprint density at radius 3 is 2.38 bits per heavy atom. The summed E-state index contributed by atoms with van der Waals surface area (Å²) in [6.45, 7) is 6.47. The van der Waals surface area contributed by atoms with Crippen molar-refractivity contribution in [2.45, 2.75) is 32.6 Å². The number of aliphatic hydroxyl groups is 1. The number of benzene rings is 1. The van der Waals surface area contributed by atoms with Gasteiger partial charge in [-0.2, -0.15) is 0 Å². The van der Waals surface area contributed by atoms with Crippen molar-refractivity contribution in [3.63, 3.8) is 0 Å². The number of hydrogen-bond donors (Lipinski definition) is 2. The van der Waals surface area contributed by atoms with Gasteiger partial charge in [0.1, 0.15) is 0 Å². The van der Waals surface area contributed by atoms with Crippen LogP contribution < -0.4 is 4.72 Å². The molecule has 7 nitrogen and oxygen atoms in total. The van der Waals surface area contributed by atoms with E-state index < -0.39 is 20.4 Å². The lowest BCUT2D eigenvalue weighted by atomic mass is 9.96. The van der Waals surface area contributed by atoms with Crippen LogP contribution in [-0.4, -0.2) is 31.6 Å². The highest BCUT2D eigenvalue weighted by atomic mass is 32.2. The van der Waals surface area contributed by atoms with E-state index in [0.717, 1.165) is 6.07 Å². The fourth-order valence-electron chi connectivity index (χ4n) is 1.58. The molecule has 0 saturated carbocycles. The van der Waals surface area contributed by atoms with Gasteiger partial charge >= 0.3 is 0 Å². The van der Waals surface area contributed by atoms with Gasteiger partial charge in [-0.05, 0) is 25.5 Å². The number of rotatable bonds is 6. The van der Waals surface area contributed by atoms with E-state index in [9.17, 15) is 18.5 Å². The van der Waals surface area contributed by atoms with Gasteiger partial charge in [-0.25, -0.2) is 13.1 Å². The fraction of sp³-hybridized carbons (Fsp3) is 0.538. The zero-order valence-electron chi connectivity index (χ0n) is 12.5. The molecule has 0 saturated heterocycles. The summed E-state index contributed by atoms with van der Waals surface area (Å²) in [5, 5.41) is 20.1. The number of sulfonamides is 1. The van der Waals surface area contributed by atoms with Crippen LogP contribution in [0.1, 0.15) is 25.0 Å². The Kier molecular flexibility index (Phi) is 5.08. The first kappa shape index (κ1) is 17.5. The normalized spacial score (nSPS) is 12.4. The number of aryl methyl sites for hydroxylation is 1. The van der Waals surface area contributed by atoms with Crippen molar-refractivity contribution in [1.82, 2.24) is 4.72 Å². The second kappa shape index (κ2) is 6.08. The summed E-state index contributed by atoms with van der Waals surface area (Å²) in [7, 11) is -3.86. The lowest BCUT2D eigenvalue weighted by Gasteiger charge is -2.21. The van der Waals surface area contributed by atoms with Gasteiger partial charge in [0.15, 0.2) is 0 Å². The highest BCUT2D eigenvalue weighted by molar-refractivity contribution is 7.89. The molecule has 0 aliphatic carbocycles. The molecule has 0 radical (unpaired) electrons. The summed E-state index contributed by atoms with van der Waals surface area (Å²) in [5.74, 6) is 0. The lowest BCUT2D eigenvalue weighted by molar-refractivity contribution is -0.385. The predicted octanol–water partition coefficient (Wildman–Crippen LogP) is 1.51. The molecule has 0 aliphatic rings. The molecular weight excluding hydrogens is 296 g/mol. The number of nitrogens with one attached hydrogen (secondary N) is 1. The zero-order valence-corrected chi connectivity index (χ0v) is 13.3. The van der Waals surface area contributed by atoms with Gasteiger partial charge in [-0.15, -0.1) is 0 Å². The molecule has 0 amide bonds. The van der Waals surface area contributed by atoms with Gasteiger partial charge in [0.2, 0.25) is 10.0 Å². The van der Waals surface area contributed by atoms with Crippen molar-refractivity contribution in [2.75, 3.05) is 13.2 Å². The molecule has 118 valence electrons. The van der Waals surface area contributed by atoms with Gasteiger partial charge in [-0.3, -0.25) is 10.1 Å². The molecule has 0 atom stereocenters. The van der Waals surface area contributed by atoms with Crippen LogP contribution in [0.2, 0.25) is 0 Å². The Labute approximate surface area is 124 Å². The van der Waals surface area contributed by atoms with Gasteiger partial charge in [-0.1, -0.05) is 13.8 Å². The molecule has 0 aromatic heterocycles. The van der Waals surface area contributed by atoms with Crippen LogP contribution >= 0.6 is 0 Å². The number of nitro benzene ring substituents is 1. The van der Waals surface area contributed by atoms with Crippen molar-refractivity contribution in [1.29, 1.82) is 0 Å². The molecule has 8 heteroatoms. The molecule has 1 aromatic rings. The molecule has 0 fully saturated rings. The van der Waals surface area contributed by atoms with Gasteiger partial charge in [0, 0.05) is 30.2 Å². The molecular formula is C13H20N2O5S. The second-order valence-corrected chi connectivity index (χ2v) is 7.56. The minimum atomic E-state index is -3.86. The monoisotopic (exact) mass is 316 g/mol. The summed E-state index contributed by atoms with van der Waals surface area (Å²) in [4.78, 5) is 10.2. The minimum Gasteiger partial charge on any atom is -0.396 e. The average Bonchev–Trinajstić information content (AvgIpc) is 2.39. The summed E-state index contributed by atoms with van der Waals surface area (Å²) in [6, 6.07) is 2.45. The molecule has 2 N–H and O–H groups in total. The van der Waals surface area contributed by atoms with Crippen molar-refractivity contribution in [3.8, 4) is 0 Å². The average molecular weight is 316 g/mol. The Morgan fingerprint density at radius 1 is 1.33 bits per heavy atom. The summed E-state index contributed by atoms with van der Waals surface area (Å²) in [5.41, 5.74) is 0.135. The quantitative estimate of drug-likeness (QED) is 0.610. The molecule has 0 spiro atoms. The Hall–Kier alpha value is -1.51. The van der Waals surface area contributed by atoms with E-state index in [1.807, 2.05) is 0 Å². The minimum absolute atomic E-state index is 0.0343. The smallest absolute Gasteiger partial charge is 0.273 e.